The largest absolute Gasteiger partial charge is 0.496 e. The Morgan fingerprint density at radius 1 is 1.22 bits per heavy atom. The van der Waals surface area contributed by atoms with Crippen molar-refractivity contribution in [2.45, 2.75) is 24.0 Å². The van der Waals surface area contributed by atoms with E-state index in [-0.39, 0.29) is 0 Å². The van der Waals surface area contributed by atoms with Gasteiger partial charge in [-0.15, -0.1) is 23.1 Å². The number of ether oxygens (including phenoxy) is 1. The standard InChI is InChI=1S/C14H17NOS2/c1-3-11-5-6-12(18-11)9-17-14-7-4-10(15)8-13(14)16-2/h4-8H,3,9,15H2,1-2H3. The maximum Gasteiger partial charge on any atom is 0.134 e. The summed E-state index contributed by atoms with van der Waals surface area (Å²) in [6.45, 7) is 2.19. The van der Waals surface area contributed by atoms with Crippen molar-refractivity contribution < 1.29 is 4.74 Å². The van der Waals surface area contributed by atoms with Gasteiger partial charge in [0.1, 0.15) is 5.75 Å². The van der Waals surface area contributed by atoms with Gasteiger partial charge in [-0.2, -0.15) is 0 Å². The van der Waals surface area contributed by atoms with Crippen LogP contribution in [0.25, 0.3) is 0 Å². The van der Waals surface area contributed by atoms with Crippen molar-refractivity contribution in [3.63, 3.8) is 0 Å². The van der Waals surface area contributed by atoms with Gasteiger partial charge in [0, 0.05) is 32.2 Å². The van der Waals surface area contributed by atoms with E-state index in [9.17, 15) is 0 Å². The lowest BCUT2D eigenvalue weighted by molar-refractivity contribution is 0.405. The predicted octanol–water partition coefficient (Wildman–Crippen LogP) is 4.19. The first-order chi connectivity index (χ1) is 8.72. The quantitative estimate of drug-likeness (QED) is 0.658. The van der Waals surface area contributed by atoms with Gasteiger partial charge in [0.05, 0.1) is 7.11 Å². The number of benzene rings is 1. The summed E-state index contributed by atoms with van der Waals surface area (Å²) in [5.74, 6) is 1.83. The maximum atomic E-state index is 5.74. The van der Waals surface area contributed by atoms with Gasteiger partial charge in [0.25, 0.3) is 0 Å². The molecule has 0 aliphatic carbocycles. The van der Waals surface area contributed by atoms with E-state index in [0.29, 0.717) is 0 Å². The molecule has 0 aliphatic rings. The van der Waals surface area contributed by atoms with Crippen LogP contribution in [-0.4, -0.2) is 7.11 Å². The van der Waals surface area contributed by atoms with Gasteiger partial charge in [-0.1, -0.05) is 6.92 Å². The molecule has 2 rings (SSSR count). The van der Waals surface area contributed by atoms with Crippen LogP contribution in [0.2, 0.25) is 0 Å². The number of aryl methyl sites for hydroxylation is 1. The van der Waals surface area contributed by atoms with Crippen molar-refractivity contribution in [2.24, 2.45) is 0 Å². The van der Waals surface area contributed by atoms with Crippen molar-refractivity contribution in [3.05, 3.63) is 40.1 Å². The highest BCUT2D eigenvalue weighted by Crippen LogP contribution is 2.34. The molecule has 0 spiro atoms. The Morgan fingerprint density at radius 2 is 2.00 bits per heavy atom. The van der Waals surface area contributed by atoms with E-state index in [1.165, 1.54) is 9.75 Å². The molecule has 0 fully saturated rings. The first kappa shape index (κ1) is 13.3. The average molecular weight is 279 g/mol. The molecule has 0 atom stereocenters. The van der Waals surface area contributed by atoms with Crippen molar-refractivity contribution in [1.29, 1.82) is 0 Å². The zero-order chi connectivity index (χ0) is 13.0. The summed E-state index contributed by atoms with van der Waals surface area (Å²) in [5.41, 5.74) is 6.48. The number of thioether (sulfide) groups is 1. The van der Waals surface area contributed by atoms with E-state index >= 15 is 0 Å². The molecule has 2 nitrogen and oxygen atoms in total. The topological polar surface area (TPSA) is 35.2 Å². The Hall–Kier alpha value is -1.13. The Labute approximate surface area is 116 Å². The molecular formula is C14H17NOS2. The van der Waals surface area contributed by atoms with Crippen LogP contribution >= 0.6 is 23.1 Å². The summed E-state index contributed by atoms with van der Waals surface area (Å²) < 4.78 is 5.34. The Bertz CT molecular complexity index is 522. The van der Waals surface area contributed by atoms with Gasteiger partial charge in [-0.3, -0.25) is 0 Å². The van der Waals surface area contributed by atoms with E-state index in [4.69, 9.17) is 10.5 Å². The molecule has 96 valence electrons. The molecule has 0 bridgehead atoms. The second kappa shape index (κ2) is 6.16. The van der Waals surface area contributed by atoms with Crippen LogP contribution in [0.1, 0.15) is 16.7 Å². The molecule has 4 heteroatoms. The summed E-state index contributed by atoms with van der Waals surface area (Å²) in [5, 5.41) is 0. The van der Waals surface area contributed by atoms with Crippen LogP contribution in [-0.2, 0) is 12.2 Å². The summed E-state index contributed by atoms with van der Waals surface area (Å²) in [4.78, 5) is 3.98. The molecule has 1 heterocycles. The molecule has 0 saturated heterocycles. The number of hydrogen-bond acceptors (Lipinski definition) is 4. The van der Waals surface area contributed by atoms with Crippen LogP contribution in [0.5, 0.6) is 5.75 Å². The first-order valence-electron chi connectivity index (χ1n) is 5.87. The number of anilines is 1. The fourth-order valence-electron chi connectivity index (χ4n) is 1.64. The number of rotatable bonds is 5. The molecular weight excluding hydrogens is 262 g/mol. The third-order valence-electron chi connectivity index (χ3n) is 2.62. The van der Waals surface area contributed by atoms with E-state index in [0.717, 1.165) is 28.5 Å². The summed E-state index contributed by atoms with van der Waals surface area (Å²) in [6.07, 6.45) is 1.11. The number of hydrogen-bond donors (Lipinski definition) is 1. The third-order valence-corrected chi connectivity index (χ3v) is 5.14. The molecule has 1 aromatic carbocycles. The van der Waals surface area contributed by atoms with E-state index in [2.05, 4.69) is 19.1 Å². The minimum Gasteiger partial charge on any atom is -0.496 e. The molecule has 0 aliphatic heterocycles. The molecule has 0 radical (unpaired) electrons. The second-order valence-corrected chi connectivity index (χ2v) is 6.19. The molecule has 0 amide bonds. The zero-order valence-corrected chi connectivity index (χ0v) is 12.2. The lowest BCUT2D eigenvalue weighted by atomic mass is 10.3. The highest BCUT2D eigenvalue weighted by atomic mass is 32.2. The number of methoxy groups -OCH3 is 1. The summed E-state index contributed by atoms with van der Waals surface area (Å²) in [7, 11) is 1.68. The Kier molecular flexibility index (Phi) is 4.55. The van der Waals surface area contributed by atoms with Gasteiger partial charge in [-0.05, 0) is 30.7 Å². The summed E-state index contributed by atoms with van der Waals surface area (Å²) >= 11 is 3.67. The molecule has 0 unspecified atom stereocenters. The predicted molar refractivity (Wildman–Crippen MR) is 80.7 cm³/mol. The van der Waals surface area contributed by atoms with Crippen LogP contribution in [0.4, 0.5) is 5.69 Å². The van der Waals surface area contributed by atoms with Crippen molar-refractivity contribution in [3.8, 4) is 5.75 Å². The smallest absolute Gasteiger partial charge is 0.134 e. The molecule has 0 saturated carbocycles. The number of nitrogen functional groups attached to an aromatic ring is 1. The van der Waals surface area contributed by atoms with Crippen LogP contribution < -0.4 is 10.5 Å². The average Bonchev–Trinajstić information content (AvgIpc) is 2.85. The van der Waals surface area contributed by atoms with Crippen LogP contribution in [0.15, 0.2) is 35.2 Å². The van der Waals surface area contributed by atoms with E-state index in [1.54, 1.807) is 18.9 Å². The van der Waals surface area contributed by atoms with Gasteiger partial charge >= 0.3 is 0 Å². The number of thiophene rings is 1. The van der Waals surface area contributed by atoms with Crippen molar-refractivity contribution >= 4 is 28.8 Å². The van der Waals surface area contributed by atoms with Crippen molar-refractivity contribution in [2.75, 3.05) is 12.8 Å². The second-order valence-electron chi connectivity index (χ2n) is 3.92. The highest BCUT2D eigenvalue weighted by Gasteiger charge is 2.06. The number of nitrogens with two attached hydrogens (primary N) is 1. The third kappa shape index (κ3) is 3.21. The monoisotopic (exact) mass is 279 g/mol. The maximum absolute atomic E-state index is 5.74. The molecule has 2 N–H and O–H groups in total. The SMILES string of the molecule is CCc1ccc(CSc2ccc(N)cc2OC)s1. The van der Waals surface area contributed by atoms with Gasteiger partial charge in [-0.25, -0.2) is 0 Å². The van der Waals surface area contributed by atoms with E-state index in [1.807, 2.05) is 29.5 Å². The Morgan fingerprint density at radius 3 is 2.67 bits per heavy atom. The van der Waals surface area contributed by atoms with Gasteiger partial charge in [0.2, 0.25) is 0 Å². The molecule has 2 aromatic rings. The summed E-state index contributed by atoms with van der Waals surface area (Å²) in [6, 6.07) is 10.2. The normalized spacial score (nSPS) is 10.6. The van der Waals surface area contributed by atoms with Crippen LogP contribution in [0, 0.1) is 0 Å². The lowest BCUT2D eigenvalue weighted by Crippen LogP contribution is -1.90. The van der Waals surface area contributed by atoms with E-state index < -0.39 is 0 Å². The zero-order valence-electron chi connectivity index (χ0n) is 10.6. The Balaban J connectivity index is 2.05. The molecule has 1 aromatic heterocycles. The van der Waals surface area contributed by atoms with Gasteiger partial charge in [0.15, 0.2) is 0 Å². The minimum absolute atomic E-state index is 0.737. The lowest BCUT2D eigenvalue weighted by Gasteiger charge is -2.08. The van der Waals surface area contributed by atoms with Crippen molar-refractivity contribution in [1.82, 2.24) is 0 Å². The minimum atomic E-state index is 0.737. The van der Waals surface area contributed by atoms with Crippen LogP contribution in [0.3, 0.4) is 0 Å². The molecule has 18 heavy (non-hydrogen) atoms. The highest BCUT2D eigenvalue weighted by molar-refractivity contribution is 7.98. The van der Waals surface area contributed by atoms with Gasteiger partial charge < -0.3 is 10.5 Å². The fraction of sp³-hybridized carbons (Fsp3) is 0.286. The first-order valence-corrected chi connectivity index (χ1v) is 7.67. The fourth-order valence-corrected chi connectivity index (χ4v) is 3.65.